The van der Waals surface area contributed by atoms with Crippen molar-refractivity contribution in [1.82, 2.24) is 19.9 Å². The highest BCUT2D eigenvalue weighted by Gasteiger charge is 2.15. The van der Waals surface area contributed by atoms with Gasteiger partial charge in [0.15, 0.2) is 11.6 Å². The number of anilines is 3. The molecule has 4 aromatic rings. The largest absolute Gasteiger partial charge is 0.494 e. The monoisotopic (exact) mass is 532 g/mol. The lowest BCUT2D eigenvalue weighted by molar-refractivity contribution is 0.0358. The van der Waals surface area contributed by atoms with Crippen molar-refractivity contribution in [2.45, 2.75) is 6.42 Å². The summed E-state index contributed by atoms with van der Waals surface area (Å²) in [5.74, 6) is 3.23. The Morgan fingerprint density at radius 1 is 0.947 bits per heavy atom. The Balaban J connectivity index is 1.15. The van der Waals surface area contributed by atoms with Crippen LogP contribution < -0.4 is 15.0 Å². The maximum Gasteiger partial charge on any atom is 0.162 e. The average Bonchev–Trinajstić information content (AvgIpc) is 3.46. The summed E-state index contributed by atoms with van der Waals surface area (Å²) in [4.78, 5) is 19.1. The van der Waals surface area contributed by atoms with Crippen LogP contribution >= 0.6 is 11.3 Å². The summed E-state index contributed by atoms with van der Waals surface area (Å²) in [7, 11) is 0. The molecular formula is C28H32N6O3S. The van der Waals surface area contributed by atoms with Crippen molar-refractivity contribution in [3.63, 3.8) is 0 Å². The molecule has 2 saturated heterocycles. The van der Waals surface area contributed by atoms with Gasteiger partial charge in [0.25, 0.3) is 0 Å². The molecule has 198 valence electrons. The Hall–Kier alpha value is -3.31. The highest BCUT2D eigenvalue weighted by molar-refractivity contribution is 7.17. The third kappa shape index (κ3) is 6.05. The summed E-state index contributed by atoms with van der Waals surface area (Å²) < 4.78 is 18.0. The molecule has 9 nitrogen and oxygen atoms in total. The molecule has 2 aliphatic rings. The molecule has 1 N–H and O–H groups in total. The smallest absolute Gasteiger partial charge is 0.162 e. The Bertz CT molecular complexity index is 1340. The van der Waals surface area contributed by atoms with Gasteiger partial charge in [-0.2, -0.15) is 0 Å². The van der Waals surface area contributed by atoms with Crippen LogP contribution in [0, 0.1) is 0 Å². The second-order valence-electron chi connectivity index (χ2n) is 9.34. The van der Waals surface area contributed by atoms with Crippen molar-refractivity contribution in [1.29, 1.82) is 0 Å². The minimum absolute atomic E-state index is 0.662. The van der Waals surface area contributed by atoms with Crippen molar-refractivity contribution < 1.29 is 14.2 Å². The number of aromatic nitrogens is 3. The van der Waals surface area contributed by atoms with Gasteiger partial charge in [-0.3, -0.25) is 4.90 Å². The Labute approximate surface area is 226 Å². The van der Waals surface area contributed by atoms with Gasteiger partial charge in [0.2, 0.25) is 0 Å². The Kier molecular flexibility index (Phi) is 7.92. The van der Waals surface area contributed by atoms with Crippen molar-refractivity contribution in [2.24, 2.45) is 0 Å². The lowest BCUT2D eigenvalue weighted by atomic mass is 10.2. The number of ether oxygens (including phenoxy) is 3. The van der Waals surface area contributed by atoms with Gasteiger partial charge in [-0.05, 0) is 42.1 Å². The van der Waals surface area contributed by atoms with E-state index in [-0.39, 0.29) is 0 Å². The number of rotatable bonds is 9. The zero-order chi connectivity index (χ0) is 25.6. The Morgan fingerprint density at radius 3 is 2.61 bits per heavy atom. The minimum Gasteiger partial charge on any atom is -0.494 e. The van der Waals surface area contributed by atoms with E-state index in [2.05, 4.69) is 20.1 Å². The first kappa shape index (κ1) is 25.0. The van der Waals surface area contributed by atoms with Gasteiger partial charge in [0.05, 0.1) is 55.1 Å². The fourth-order valence-corrected chi connectivity index (χ4v) is 5.46. The number of benzene rings is 1. The fourth-order valence-electron chi connectivity index (χ4n) is 4.68. The molecule has 10 heteroatoms. The fraction of sp³-hybridized carbons (Fsp3) is 0.393. The summed E-state index contributed by atoms with van der Waals surface area (Å²) in [5.41, 5.74) is 2.73. The summed E-state index contributed by atoms with van der Waals surface area (Å²) in [6.07, 6.45) is 2.84. The SMILES string of the molecule is c1cc(OCCCN2CCOCC2)cc(-c2nc(Nc3ccc(N4CCOCC4)nc3)c3sccc3n2)c1. The maximum atomic E-state index is 6.07. The van der Waals surface area contributed by atoms with Gasteiger partial charge in [0.1, 0.15) is 11.6 Å². The molecule has 0 amide bonds. The van der Waals surface area contributed by atoms with Gasteiger partial charge in [0, 0.05) is 38.3 Å². The maximum absolute atomic E-state index is 6.07. The standard InChI is InChI=1S/C28H32N6O3S/c1-3-21(19-23(4-1)37-13-2-8-33-9-14-35-15-10-33)27-31-24-7-18-38-26(24)28(32-27)30-22-5-6-25(29-20-22)34-11-16-36-17-12-34/h1,3-7,18-20H,2,8-17H2,(H,30,31,32). The summed E-state index contributed by atoms with van der Waals surface area (Å²) >= 11 is 1.62. The quantitative estimate of drug-likeness (QED) is 0.315. The zero-order valence-corrected chi connectivity index (χ0v) is 22.2. The van der Waals surface area contributed by atoms with E-state index < -0.39 is 0 Å². The van der Waals surface area contributed by atoms with Gasteiger partial charge in [-0.25, -0.2) is 15.0 Å². The van der Waals surface area contributed by atoms with Crippen molar-refractivity contribution in [3.05, 3.63) is 54.0 Å². The van der Waals surface area contributed by atoms with Gasteiger partial charge in [-0.1, -0.05) is 12.1 Å². The van der Waals surface area contributed by atoms with Crippen LogP contribution in [0.25, 0.3) is 21.6 Å². The second-order valence-corrected chi connectivity index (χ2v) is 10.3. The second kappa shape index (κ2) is 12.0. The van der Waals surface area contributed by atoms with Crippen molar-refractivity contribution in [3.8, 4) is 17.1 Å². The van der Waals surface area contributed by atoms with Crippen LogP contribution in [0.15, 0.2) is 54.0 Å². The normalized spacial score (nSPS) is 16.6. The lowest BCUT2D eigenvalue weighted by Crippen LogP contribution is -2.37. The molecule has 0 unspecified atom stereocenters. The molecule has 0 spiro atoms. The van der Waals surface area contributed by atoms with Gasteiger partial charge in [-0.15, -0.1) is 11.3 Å². The van der Waals surface area contributed by atoms with Crippen LogP contribution in [-0.2, 0) is 9.47 Å². The van der Waals surface area contributed by atoms with E-state index in [1.54, 1.807) is 11.3 Å². The van der Waals surface area contributed by atoms with Crippen LogP contribution in [-0.4, -0.2) is 85.6 Å². The van der Waals surface area contributed by atoms with Crippen molar-refractivity contribution in [2.75, 3.05) is 76.0 Å². The Morgan fingerprint density at radius 2 is 1.79 bits per heavy atom. The number of nitrogens with zero attached hydrogens (tertiary/aromatic N) is 5. The first-order chi connectivity index (χ1) is 18.8. The lowest BCUT2D eigenvalue weighted by Gasteiger charge is -2.27. The molecule has 0 aliphatic carbocycles. The highest BCUT2D eigenvalue weighted by atomic mass is 32.1. The van der Waals surface area contributed by atoms with Crippen molar-refractivity contribution >= 4 is 38.9 Å². The van der Waals surface area contributed by atoms with Crippen LogP contribution in [0.4, 0.5) is 17.3 Å². The number of morpholine rings is 2. The molecule has 1 aromatic carbocycles. The van der Waals surface area contributed by atoms with Gasteiger partial charge < -0.3 is 24.4 Å². The topological polar surface area (TPSA) is 84.9 Å². The van der Waals surface area contributed by atoms with E-state index in [0.29, 0.717) is 12.4 Å². The number of fused-ring (bicyclic) bond motifs is 1. The van der Waals surface area contributed by atoms with E-state index in [1.165, 1.54) is 0 Å². The number of hydrogen-bond donors (Lipinski definition) is 1. The molecule has 2 fully saturated rings. The van der Waals surface area contributed by atoms with Crippen LogP contribution in [0.3, 0.4) is 0 Å². The minimum atomic E-state index is 0.662. The molecule has 2 aliphatic heterocycles. The summed E-state index contributed by atoms with van der Waals surface area (Å²) in [6.45, 7) is 8.55. The van der Waals surface area contributed by atoms with E-state index >= 15 is 0 Å². The first-order valence-electron chi connectivity index (χ1n) is 13.2. The summed E-state index contributed by atoms with van der Waals surface area (Å²) in [6, 6.07) is 14.1. The summed E-state index contributed by atoms with van der Waals surface area (Å²) in [5, 5.41) is 5.51. The molecule has 5 heterocycles. The molecule has 3 aromatic heterocycles. The number of thiophene rings is 1. The molecule has 38 heavy (non-hydrogen) atoms. The van der Waals surface area contributed by atoms with Crippen LogP contribution in [0.1, 0.15) is 6.42 Å². The molecule has 0 atom stereocenters. The third-order valence-electron chi connectivity index (χ3n) is 6.73. The molecule has 0 saturated carbocycles. The van der Waals surface area contributed by atoms with Crippen LogP contribution in [0.5, 0.6) is 5.75 Å². The highest BCUT2D eigenvalue weighted by Crippen LogP contribution is 2.32. The number of nitrogens with one attached hydrogen (secondary N) is 1. The number of pyridine rings is 1. The molecule has 6 rings (SSSR count). The average molecular weight is 533 g/mol. The first-order valence-corrected chi connectivity index (χ1v) is 14.0. The van der Waals surface area contributed by atoms with E-state index in [1.807, 2.05) is 54.0 Å². The van der Waals surface area contributed by atoms with E-state index in [4.69, 9.17) is 24.2 Å². The predicted octanol–water partition coefficient (Wildman–Crippen LogP) is 4.43. The molecule has 0 bridgehead atoms. The van der Waals surface area contributed by atoms with E-state index in [0.717, 1.165) is 104 Å². The van der Waals surface area contributed by atoms with Gasteiger partial charge >= 0.3 is 0 Å². The zero-order valence-electron chi connectivity index (χ0n) is 21.3. The van der Waals surface area contributed by atoms with Crippen LogP contribution in [0.2, 0.25) is 0 Å². The predicted molar refractivity (Wildman–Crippen MR) is 151 cm³/mol. The third-order valence-corrected chi connectivity index (χ3v) is 7.64. The molecular weight excluding hydrogens is 500 g/mol. The molecule has 0 radical (unpaired) electrons. The van der Waals surface area contributed by atoms with E-state index in [9.17, 15) is 0 Å². The number of hydrogen-bond acceptors (Lipinski definition) is 10.